The Bertz CT molecular complexity index is 493. The molecule has 4 nitrogen and oxygen atoms in total. The molecule has 18 heavy (non-hydrogen) atoms. The van der Waals surface area contributed by atoms with E-state index in [0.717, 1.165) is 12.1 Å². The summed E-state index contributed by atoms with van der Waals surface area (Å²) in [6.45, 7) is 2.52. The van der Waals surface area contributed by atoms with E-state index in [2.05, 4.69) is 10.6 Å². The van der Waals surface area contributed by atoms with Crippen LogP contribution in [0.15, 0.2) is 12.1 Å². The average molecular weight is 256 g/mol. The molecule has 1 aromatic rings. The van der Waals surface area contributed by atoms with E-state index in [0.29, 0.717) is 30.6 Å². The number of hydrogen-bond acceptors (Lipinski definition) is 2. The number of carbonyl (C=O) groups is 1. The van der Waals surface area contributed by atoms with E-state index in [9.17, 15) is 13.6 Å². The smallest absolute Gasteiger partial charge is 0.405 e. The summed E-state index contributed by atoms with van der Waals surface area (Å²) < 4.78 is 26.4. The molecule has 0 fully saturated rings. The monoisotopic (exact) mass is 256 g/mol. The molecule has 1 amide bonds. The average Bonchev–Trinajstić information content (AvgIpc) is 2.37. The summed E-state index contributed by atoms with van der Waals surface area (Å²) >= 11 is 0. The van der Waals surface area contributed by atoms with Gasteiger partial charge in [0.2, 0.25) is 0 Å². The SMILES string of the molecule is CC1(NC(=O)O)CNCc2cc(F)c(F)cc2C1. The number of hydrogen-bond donors (Lipinski definition) is 3. The van der Waals surface area contributed by atoms with E-state index in [-0.39, 0.29) is 0 Å². The molecule has 0 aliphatic carbocycles. The number of carboxylic acid groups (broad SMARTS) is 1. The van der Waals surface area contributed by atoms with Crippen molar-refractivity contribution in [2.75, 3.05) is 6.54 Å². The zero-order valence-electron chi connectivity index (χ0n) is 9.89. The van der Waals surface area contributed by atoms with Crippen molar-refractivity contribution in [3.8, 4) is 0 Å². The summed E-state index contributed by atoms with van der Waals surface area (Å²) in [5.74, 6) is -1.79. The van der Waals surface area contributed by atoms with Gasteiger partial charge in [0.1, 0.15) is 0 Å². The predicted octanol–water partition coefficient (Wildman–Crippen LogP) is 1.64. The number of amides is 1. The molecule has 0 bridgehead atoms. The van der Waals surface area contributed by atoms with Gasteiger partial charge in [0.05, 0.1) is 5.54 Å². The second-order valence-electron chi connectivity index (χ2n) is 4.81. The van der Waals surface area contributed by atoms with Crippen LogP contribution in [0, 0.1) is 11.6 Å². The maximum atomic E-state index is 13.2. The lowest BCUT2D eigenvalue weighted by Crippen LogP contribution is -2.52. The van der Waals surface area contributed by atoms with Gasteiger partial charge in [0, 0.05) is 13.1 Å². The third-order valence-corrected chi connectivity index (χ3v) is 3.06. The number of rotatable bonds is 1. The van der Waals surface area contributed by atoms with E-state index in [1.807, 2.05) is 0 Å². The van der Waals surface area contributed by atoms with Crippen LogP contribution in [-0.2, 0) is 13.0 Å². The van der Waals surface area contributed by atoms with Crippen molar-refractivity contribution in [2.24, 2.45) is 0 Å². The Kier molecular flexibility index (Phi) is 3.21. The highest BCUT2D eigenvalue weighted by Crippen LogP contribution is 2.23. The molecule has 0 saturated heterocycles. The fraction of sp³-hybridized carbons (Fsp3) is 0.417. The Morgan fingerprint density at radius 2 is 2.00 bits per heavy atom. The van der Waals surface area contributed by atoms with Crippen LogP contribution in [0.3, 0.4) is 0 Å². The topological polar surface area (TPSA) is 61.4 Å². The summed E-state index contributed by atoms with van der Waals surface area (Å²) in [6, 6.07) is 2.30. The molecule has 6 heteroatoms. The van der Waals surface area contributed by atoms with Crippen LogP contribution in [0.25, 0.3) is 0 Å². The Balaban J connectivity index is 2.34. The molecule has 3 N–H and O–H groups in total. The third-order valence-electron chi connectivity index (χ3n) is 3.06. The van der Waals surface area contributed by atoms with Crippen LogP contribution in [0.2, 0.25) is 0 Å². The van der Waals surface area contributed by atoms with Crippen LogP contribution in [0.1, 0.15) is 18.1 Å². The number of fused-ring (bicyclic) bond motifs is 1. The number of nitrogens with one attached hydrogen (secondary N) is 2. The highest BCUT2D eigenvalue weighted by atomic mass is 19.2. The fourth-order valence-corrected chi connectivity index (χ4v) is 2.26. The van der Waals surface area contributed by atoms with Gasteiger partial charge in [-0.3, -0.25) is 0 Å². The zero-order chi connectivity index (χ0) is 13.3. The van der Waals surface area contributed by atoms with Crippen LogP contribution in [0.4, 0.5) is 13.6 Å². The van der Waals surface area contributed by atoms with Crippen LogP contribution >= 0.6 is 0 Å². The molecule has 1 aliphatic rings. The van der Waals surface area contributed by atoms with Crippen LogP contribution in [-0.4, -0.2) is 23.3 Å². The second kappa shape index (κ2) is 4.53. The van der Waals surface area contributed by atoms with Gasteiger partial charge in [-0.25, -0.2) is 13.6 Å². The lowest BCUT2D eigenvalue weighted by Gasteiger charge is -2.28. The van der Waals surface area contributed by atoms with Crippen molar-refractivity contribution in [3.63, 3.8) is 0 Å². The standard InChI is InChI=1S/C12H14F2N2O2/c1-12(16-11(17)18)4-7-2-9(13)10(14)3-8(7)5-15-6-12/h2-3,15-16H,4-6H2,1H3,(H,17,18). The maximum Gasteiger partial charge on any atom is 0.405 e. The van der Waals surface area contributed by atoms with E-state index in [1.165, 1.54) is 0 Å². The van der Waals surface area contributed by atoms with Gasteiger partial charge in [0.25, 0.3) is 0 Å². The normalized spacial score (nSPS) is 23.1. The molecule has 0 spiro atoms. The zero-order valence-corrected chi connectivity index (χ0v) is 9.89. The Morgan fingerprint density at radius 1 is 1.39 bits per heavy atom. The van der Waals surface area contributed by atoms with Gasteiger partial charge >= 0.3 is 6.09 Å². The van der Waals surface area contributed by atoms with E-state index in [4.69, 9.17) is 5.11 Å². The molecule has 0 saturated carbocycles. The molecule has 0 radical (unpaired) electrons. The van der Waals surface area contributed by atoms with E-state index in [1.54, 1.807) is 6.92 Å². The maximum absolute atomic E-state index is 13.2. The number of halogens is 2. The van der Waals surface area contributed by atoms with E-state index < -0.39 is 23.3 Å². The molecule has 1 unspecified atom stereocenters. The van der Waals surface area contributed by atoms with Crippen molar-refractivity contribution >= 4 is 6.09 Å². The first-order chi connectivity index (χ1) is 8.39. The molecule has 1 aromatic carbocycles. The summed E-state index contributed by atoms with van der Waals surface area (Å²) in [7, 11) is 0. The molecule has 98 valence electrons. The fourth-order valence-electron chi connectivity index (χ4n) is 2.26. The van der Waals surface area contributed by atoms with Gasteiger partial charge in [-0.2, -0.15) is 0 Å². The first-order valence-corrected chi connectivity index (χ1v) is 5.58. The highest BCUT2D eigenvalue weighted by molar-refractivity contribution is 5.65. The predicted molar refractivity (Wildman–Crippen MR) is 61.3 cm³/mol. The Morgan fingerprint density at radius 3 is 2.61 bits per heavy atom. The van der Waals surface area contributed by atoms with Crippen molar-refractivity contribution < 1.29 is 18.7 Å². The molecule has 0 aromatic heterocycles. The summed E-state index contributed by atoms with van der Waals surface area (Å²) in [5, 5.41) is 14.2. The molecule has 1 atom stereocenters. The number of benzene rings is 1. The third kappa shape index (κ3) is 2.59. The minimum absolute atomic E-state index is 0.318. The molecular formula is C12H14F2N2O2. The molecular weight excluding hydrogens is 242 g/mol. The lowest BCUT2D eigenvalue weighted by atomic mass is 9.92. The van der Waals surface area contributed by atoms with Crippen molar-refractivity contribution in [1.82, 2.24) is 10.6 Å². The largest absolute Gasteiger partial charge is 0.465 e. The van der Waals surface area contributed by atoms with Crippen molar-refractivity contribution in [3.05, 3.63) is 34.9 Å². The Labute approximate surface area is 103 Å². The van der Waals surface area contributed by atoms with Crippen molar-refractivity contribution in [1.29, 1.82) is 0 Å². The second-order valence-corrected chi connectivity index (χ2v) is 4.81. The van der Waals surface area contributed by atoms with Gasteiger partial charge in [-0.1, -0.05) is 0 Å². The minimum atomic E-state index is -1.13. The van der Waals surface area contributed by atoms with Crippen molar-refractivity contribution in [2.45, 2.75) is 25.4 Å². The van der Waals surface area contributed by atoms with Gasteiger partial charge in [-0.05, 0) is 36.6 Å². The first-order valence-electron chi connectivity index (χ1n) is 5.58. The lowest BCUT2D eigenvalue weighted by molar-refractivity contribution is 0.179. The summed E-state index contributed by atoms with van der Waals surface area (Å²) in [5.41, 5.74) is 0.543. The summed E-state index contributed by atoms with van der Waals surface area (Å²) in [6.07, 6.45) is -0.816. The van der Waals surface area contributed by atoms with Crippen LogP contribution < -0.4 is 10.6 Å². The molecule has 1 aliphatic heterocycles. The Hall–Kier alpha value is -1.69. The highest BCUT2D eigenvalue weighted by Gasteiger charge is 2.30. The van der Waals surface area contributed by atoms with Gasteiger partial charge < -0.3 is 15.7 Å². The molecule has 1 heterocycles. The quantitative estimate of drug-likeness (QED) is 0.715. The molecule has 2 rings (SSSR count). The first kappa shape index (κ1) is 12.8. The van der Waals surface area contributed by atoms with Crippen LogP contribution in [0.5, 0.6) is 0 Å². The van der Waals surface area contributed by atoms with E-state index >= 15 is 0 Å². The summed E-state index contributed by atoms with van der Waals surface area (Å²) in [4.78, 5) is 10.7. The van der Waals surface area contributed by atoms with Gasteiger partial charge in [-0.15, -0.1) is 0 Å². The minimum Gasteiger partial charge on any atom is -0.465 e. The van der Waals surface area contributed by atoms with Gasteiger partial charge in [0.15, 0.2) is 11.6 Å².